The zero-order valence-electron chi connectivity index (χ0n) is 17.0. The first-order chi connectivity index (χ1) is 15.2. The van der Waals surface area contributed by atoms with Gasteiger partial charge in [0.05, 0.1) is 5.02 Å². The Kier molecular flexibility index (Phi) is 7.27. The lowest BCUT2D eigenvalue weighted by molar-refractivity contribution is 0.149. The van der Waals surface area contributed by atoms with Gasteiger partial charge < -0.3 is 14.5 Å². The summed E-state index contributed by atoms with van der Waals surface area (Å²) in [6.07, 6.45) is 5.88. The molecule has 6 nitrogen and oxygen atoms in total. The molecule has 0 radical (unpaired) electrons. The van der Waals surface area contributed by atoms with Crippen molar-refractivity contribution in [2.24, 2.45) is 0 Å². The summed E-state index contributed by atoms with van der Waals surface area (Å²) in [5.41, 5.74) is 1.21. The van der Waals surface area contributed by atoms with Crippen LogP contribution in [0.25, 0.3) is 0 Å². The van der Waals surface area contributed by atoms with Gasteiger partial charge in [0.15, 0.2) is 0 Å². The van der Waals surface area contributed by atoms with Gasteiger partial charge in [-0.15, -0.1) is 11.8 Å². The Morgan fingerprint density at radius 3 is 2.42 bits per heavy atom. The number of amides is 1. The summed E-state index contributed by atoms with van der Waals surface area (Å²) in [5, 5.41) is 0.615. The average molecular weight is 455 g/mol. The molecule has 2 aromatic heterocycles. The number of ether oxygens (including phenoxy) is 1. The topological polar surface area (TPSA) is 58.6 Å². The summed E-state index contributed by atoms with van der Waals surface area (Å²) in [6.45, 7) is 2.59. The molecule has 1 fully saturated rings. The van der Waals surface area contributed by atoms with Gasteiger partial charge in [-0.25, -0.2) is 9.78 Å². The number of carbonyl (C=O) groups excluding carboxylic acids is 1. The van der Waals surface area contributed by atoms with Crippen LogP contribution in [0.3, 0.4) is 0 Å². The number of aryl methyl sites for hydroxylation is 1. The van der Waals surface area contributed by atoms with Crippen molar-refractivity contribution in [1.29, 1.82) is 0 Å². The number of rotatable bonds is 6. The molecular weight excluding hydrogens is 432 g/mol. The molecule has 4 rings (SSSR count). The highest BCUT2D eigenvalue weighted by Gasteiger charge is 2.23. The molecule has 0 spiro atoms. The van der Waals surface area contributed by atoms with E-state index in [-0.39, 0.29) is 6.09 Å². The van der Waals surface area contributed by atoms with Gasteiger partial charge in [0, 0.05) is 55.4 Å². The molecule has 160 valence electrons. The van der Waals surface area contributed by atoms with Crippen LogP contribution >= 0.6 is 23.4 Å². The summed E-state index contributed by atoms with van der Waals surface area (Å²) >= 11 is 7.70. The van der Waals surface area contributed by atoms with E-state index in [9.17, 15) is 4.79 Å². The van der Waals surface area contributed by atoms with Crippen LogP contribution < -0.4 is 9.64 Å². The predicted octanol–water partition coefficient (Wildman–Crippen LogP) is 4.79. The monoisotopic (exact) mass is 454 g/mol. The smallest absolute Gasteiger partial charge is 0.410 e. The van der Waals surface area contributed by atoms with E-state index >= 15 is 0 Å². The van der Waals surface area contributed by atoms with Crippen LogP contribution in [0.1, 0.15) is 5.56 Å². The summed E-state index contributed by atoms with van der Waals surface area (Å²) in [6, 6.07) is 15.5. The van der Waals surface area contributed by atoms with E-state index in [1.54, 1.807) is 35.3 Å². The number of hydrogen-bond acceptors (Lipinski definition) is 6. The van der Waals surface area contributed by atoms with E-state index in [1.807, 2.05) is 48.5 Å². The minimum atomic E-state index is -0.315. The molecule has 3 heterocycles. The Bertz CT molecular complexity index is 979. The number of thioether (sulfide) groups is 1. The minimum absolute atomic E-state index is 0.315. The van der Waals surface area contributed by atoms with Crippen LogP contribution in [0.2, 0.25) is 5.02 Å². The second-order valence-corrected chi connectivity index (χ2v) is 8.71. The number of halogens is 1. The van der Waals surface area contributed by atoms with Crippen molar-refractivity contribution in [3.63, 3.8) is 0 Å². The fraction of sp³-hybridized carbons (Fsp3) is 0.261. The van der Waals surface area contributed by atoms with Gasteiger partial charge in [-0.3, -0.25) is 4.98 Å². The highest BCUT2D eigenvalue weighted by molar-refractivity contribution is 7.99. The number of piperazine rings is 1. The SMILES string of the molecule is O=C(Oc1ccc(CCSc2ccncc2)cc1)N1CCN(c2ccc(Cl)cn2)CC1. The zero-order valence-corrected chi connectivity index (χ0v) is 18.6. The molecule has 0 aliphatic carbocycles. The summed E-state index contributed by atoms with van der Waals surface area (Å²) in [4.78, 5) is 26.0. The average Bonchev–Trinajstić information content (AvgIpc) is 2.81. The maximum absolute atomic E-state index is 12.5. The number of anilines is 1. The first-order valence-corrected chi connectivity index (χ1v) is 11.5. The van der Waals surface area contributed by atoms with Crippen molar-refractivity contribution in [2.45, 2.75) is 11.3 Å². The molecule has 31 heavy (non-hydrogen) atoms. The highest BCUT2D eigenvalue weighted by atomic mass is 35.5. The standard InChI is InChI=1S/C23H23ClN4O2S/c24-19-3-6-22(26-17-19)27-12-14-28(15-13-27)23(29)30-20-4-1-18(2-5-20)9-16-31-21-7-10-25-11-8-21/h1-8,10-11,17H,9,12-16H2. The lowest BCUT2D eigenvalue weighted by Gasteiger charge is -2.34. The number of nitrogens with zero attached hydrogens (tertiary/aromatic N) is 4. The second-order valence-electron chi connectivity index (χ2n) is 7.10. The maximum atomic E-state index is 12.5. The van der Waals surface area contributed by atoms with Crippen molar-refractivity contribution in [3.8, 4) is 5.75 Å². The Balaban J connectivity index is 1.22. The number of hydrogen-bond donors (Lipinski definition) is 0. The number of pyridine rings is 2. The van der Waals surface area contributed by atoms with E-state index < -0.39 is 0 Å². The Labute approximate surface area is 191 Å². The Hall–Kier alpha value is -2.77. The summed E-state index contributed by atoms with van der Waals surface area (Å²) in [7, 11) is 0. The maximum Gasteiger partial charge on any atom is 0.415 e. The van der Waals surface area contributed by atoms with Crippen LogP contribution in [0.15, 0.2) is 72.0 Å². The normalized spacial score (nSPS) is 13.8. The third-order valence-electron chi connectivity index (χ3n) is 5.01. The molecule has 1 amide bonds. The largest absolute Gasteiger partial charge is 0.415 e. The molecular formula is C23H23ClN4O2S. The third-order valence-corrected chi connectivity index (χ3v) is 6.25. The van der Waals surface area contributed by atoms with E-state index in [1.165, 1.54) is 10.5 Å². The first kappa shape index (κ1) is 21.5. The van der Waals surface area contributed by atoms with Gasteiger partial charge in [0.25, 0.3) is 0 Å². The molecule has 1 aromatic carbocycles. The van der Waals surface area contributed by atoms with Crippen LogP contribution in [-0.2, 0) is 6.42 Å². The van der Waals surface area contributed by atoms with Crippen LogP contribution in [0.4, 0.5) is 10.6 Å². The van der Waals surface area contributed by atoms with Crippen molar-refractivity contribution >= 4 is 35.3 Å². The number of benzene rings is 1. The van der Waals surface area contributed by atoms with Crippen LogP contribution in [0, 0.1) is 0 Å². The van der Waals surface area contributed by atoms with E-state index in [2.05, 4.69) is 14.9 Å². The molecule has 0 N–H and O–H groups in total. The molecule has 1 saturated heterocycles. The van der Waals surface area contributed by atoms with E-state index in [4.69, 9.17) is 16.3 Å². The quantitative estimate of drug-likeness (QED) is 0.499. The lowest BCUT2D eigenvalue weighted by atomic mass is 10.2. The van der Waals surface area contributed by atoms with Crippen molar-refractivity contribution < 1.29 is 9.53 Å². The zero-order chi connectivity index (χ0) is 21.5. The molecule has 3 aromatic rings. The fourth-order valence-electron chi connectivity index (χ4n) is 3.28. The van der Waals surface area contributed by atoms with Gasteiger partial charge in [-0.1, -0.05) is 23.7 Å². The Morgan fingerprint density at radius 1 is 1.00 bits per heavy atom. The molecule has 0 atom stereocenters. The lowest BCUT2D eigenvalue weighted by Crippen LogP contribution is -2.49. The Morgan fingerprint density at radius 2 is 1.74 bits per heavy atom. The summed E-state index contributed by atoms with van der Waals surface area (Å²) < 4.78 is 5.56. The molecule has 0 unspecified atom stereocenters. The molecule has 0 saturated carbocycles. The van der Waals surface area contributed by atoms with Crippen LogP contribution in [0.5, 0.6) is 5.75 Å². The number of carbonyl (C=O) groups is 1. The molecule has 8 heteroatoms. The predicted molar refractivity (Wildman–Crippen MR) is 124 cm³/mol. The van der Waals surface area contributed by atoms with Gasteiger partial charge in [0.1, 0.15) is 11.6 Å². The van der Waals surface area contributed by atoms with E-state index in [0.717, 1.165) is 18.0 Å². The summed E-state index contributed by atoms with van der Waals surface area (Å²) in [5.74, 6) is 2.42. The van der Waals surface area contributed by atoms with Crippen molar-refractivity contribution in [2.75, 3.05) is 36.8 Å². The van der Waals surface area contributed by atoms with Crippen molar-refractivity contribution in [1.82, 2.24) is 14.9 Å². The highest BCUT2D eigenvalue weighted by Crippen LogP contribution is 2.20. The fourth-order valence-corrected chi connectivity index (χ4v) is 4.28. The van der Waals surface area contributed by atoms with Crippen molar-refractivity contribution in [3.05, 3.63) is 77.7 Å². The van der Waals surface area contributed by atoms with Crippen LogP contribution in [-0.4, -0.2) is 52.9 Å². The van der Waals surface area contributed by atoms with Gasteiger partial charge in [-0.05, 0) is 48.4 Å². The van der Waals surface area contributed by atoms with E-state index in [0.29, 0.717) is 37.0 Å². The molecule has 0 bridgehead atoms. The molecule has 1 aliphatic heterocycles. The second kappa shape index (κ2) is 10.5. The van der Waals surface area contributed by atoms with Gasteiger partial charge in [0.2, 0.25) is 0 Å². The van der Waals surface area contributed by atoms with Gasteiger partial charge >= 0.3 is 6.09 Å². The first-order valence-electron chi connectivity index (χ1n) is 10.1. The number of aromatic nitrogens is 2. The minimum Gasteiger partial charge on any atom is -0.410 e. The molecule has 1 aliphatic rings. The van der Waals surface area contributed by atoms with Gasteiger partial charge in [-0.2, -0.15) is 0 Å². The third kappa shape index (κ3) is 6.12.